The number of nitrogens with one attached hydrogen (secondary N) is 2. The van der Waals surface area contributed by atoms with Crippen LogP contribution in [0.3, 0.4) is 0 Å². The van der Waals surface area contributed by atoms with Gasteiger partial charge in [0.05, 0.1) is 26.1 Å². The van der Waals surface area contributed by atoms with Crippen molar-refractivity contribution in [1.29, 1.82) is 0 Å². The number of aromatic amines is 1. The number of methoxy groups -OCH3 is 2. The molecule has 26 heavy (non-hydrogen) atoms. The summed E-state index contributed by atoms with van der Waals surface area (Å²) in [7, 11) is 3.10. The molecule has 8 heteroatoms. The van der Waals surface area contributed by atoms with Crippen molar-refractivity contribution in [1.82, 2.24) is 19.9 Å². The Morgan fingerprint density at radius 3 is 2.65 bits per heavy atom. The molecule has 0 bridgehead atoms. The van der Waals surface area contributed by atoms with Gasteiger partial charge in [-0.3, -0.25) is 14.2 Å². The molecule has 0 unspecified atom stereocenters. The molecule has 1 atom stereocenters. The maximum Gasteiger partial charge on any atom is 0.278 e. The van der Waals surface area contributed by atoms with E-state index in [1.54, 1.807) is 26.4 Å². The van der Waals surface area contributed by atoms with E-state index in [-0.39, 0.29) is 24.1 Å². The number of amides is 1. The van der Waals surface area contributed by atoms with E-state index in [0.717, 1.165) is 11.8 Å². The van der Waals surface area contributed by atoms with Crippen LogP contribution in [0, 0.1) is 0 Å². The van der Waals surface area contributed by atoms with Gasteiger partial charge in [-0.1, -0.05) is 6.92 Å². The van der Waals surface area contributed by atoms with Crippen LogP contribution < -0.4 is 20.3 Å². The molecule has 2 aromatic heterocycles. The Morgan fingerprint density at radius 1 is 1.31 bits per heavy atom. The van der Waals surface area contributed by atoms with Gasteiger partial charge in [0.25, 0.3) is 5.56 Å². The second-order valence-electron chi connectivity index (χ2n) is 6.16. The van der Waals surface area contributed by atoms with Crippen LogP contribution in [0.5, 0.6) is 11.5 Å². The zero-order valence-corrected chi connectivity index (χ0v) is 15.3. The first kappa shape index (κ1) is 17.8. The first-order chi connectivity index (χ1) is 12.5. The summed E-state index contributed by atoms with van der Waals surface area (Å²) < 4.78 is 11.9. The highest BCUT2D eigenvalue weighted by molar-refractivity contribution is 6.05. The smallest absolute Gasteiger partial charge is 0.278 e. The molecule has 2 heterocycles. The largest absolute Gasteiger partial charge is 0.493 e. The first-order valence-corrected chi connectivity index (χ1v) is 8.40. The van der Waals surface area contributed by atoms with Crippen molar-refractivity contribution >= 4 is 27.8 Å². The maximum absolute atomic E-state index is 12.7. The predicted molar refractivity (Wildman–Crippen MR) is 98.9 cm³/mol. The van der Waals surface area contributed by atoms with Gasteiger partial charge in [-0.25, -0.2) is 4.98 Å². The third kappa shape index (κ3) is 3.10. The Labute approximate surface area is 150 Å². The molecule has 0 saturated carbocycles. The van der Waals surface area contributed by atoms with E-state index < -0.39 is 0 Å². The van der Waals surface area contributed by atoms with Gasteiger partial charge in [-0.2, -0.15) is 0 Å². The molecule has 0 aliphatic carbocycles. The summed E-state index contributed by atoms with van der Waals surface area (Å²) >= 11 is 0. The van der Waals surface area contributed by atoms with Crippen LogP contribution in [0.1, 0.15) is 20.3 Å². The van der Waals surface area contributed by atoms with Crippen LogP contribution in [-0.2, 0) is 11.3 Å². The van der Waals surface area contributed by atoms with Gasteiger partial charge in [0.15, 0.2) is 11.5 Å². The predicted octanol–water partition coefficient (Wildman–Crippen LogP) is 1.81. The summed E-state index contributed by atoms with van der Waals surface area (Å²) in [6, 6.07) is 3.59. The van der Waals surface area contributed by atoms with Gasteiger partial charge >= 0.3 is 0 Å². The average molecular weight is 358 g/mol. The number of carbonyl (C=O) groups excluding carboxylic acids is 1. The second-order valence-corrected chi connectivity index (χ2v) is 6.16. The van der Waals surface area contributed by atoms with E-state index in [9.17, 15) is 9.59 Å². The Hall–Kier alpha value is -3.03. The Kier molecular flexibility index (Phi) is 4.83. The molecular formula is C18H22N4O4. The summed E-state index contributed by atoms with van der Waals surface area (Å²) in [5.74, 6) is 0.890. The summed E-state index contributed by atoms with van der Waals surface area (Å²) in [6.45, 7) is 3.83. The summed E-state index contributed by atoms with van der Waals surface area (Å²) in [5.41, 5.74) is 1.28. The van der Waals surface area contributed by atoms with Crippen molar-refractivity contribution in [2.75, 3.05) is 14.2 Å². The first-order valence-electron chi connectivity index (χ1n) is 8.40. The number of fused-ring (bicyclic) bond motifs is 3. The number of aromatic nitrogens is 3. The third-order valence-electron chi connectivity index (χ3n) is 4.41. The molecule has 0 aliphatic heterocycles. The minimum atomic E-state index is -0.302. The molecule has 0 aliphatic rings. The SMILES string of the molecule is CC[C@@H](C)NC(=O)Cn1cnc2c([nH]c3cc(OC)c(OC)cc32)c1=O. The highest BCUT2D eigenvalue weighted by atomic mass is 16.5. The molecule has 2 N–H and O–H groups in total. The highest BCUT2D eigenvalue weighted by Crippen LogP contribution is 2.34. The molecular weight excluding hydrogens is 336 g/mol. The monoisotopic (exact) mass is 358 g/mol. The molecule has 0 radical (unpaired) electrons. The Bertz CT molecular complexity index is 1020. The van der Waals surface area contributed by atoms with Crippen LogP contribution in [0.2, 0.25) is 0 Å². The summed E-state index contributed by atoms with van der Waals surface area (Å²) in [5, 5.41) is 3.60. The Morgan fingerprint density at radius 2 is 2.00 bits per heavy atom. The quantitative estimate of drug-likeness (QED) is 0.700. The number of benzene rings is 1. The van der Waals surface area contributed by atoms with Crippen molar-refractivity contribution < 1.29 is 14.3 Å². The number of carbonyl (C=O) groups is 1. The van der Waals surface area contributed by atoms with Gasteiger partial charge in [-0.15, -0.1) is 0 Å². The molecule has 3 rings (SSSR count). The van der Waals surface area contributed by atoms with Crippen LogP contribution in [0.4, 0.5) is 0 Å². The molecule has 0 saturated heterocycles. The standard InChI is InChI=1S/C18H22N4O4/c1-5-10(2)20-15(23)8-22-9-19-16-11-6-13(25-3)14(26-4)7-12(11)21-17(16)18(22)24/h6-7,9-10,21H,5,8H2,1-4H3,(H,20,23)/t10-/m1/s1. The summed E-state index contributed by atoms with van der Waals surface area (Å²) in [6.07, 6.45) is 2.22. The molecule has 1 amide bonds. The number of nitrogens with zero attached hydrogens (tertiary/aromatic N) is 2. The maximum atomic E-state index is 12.7. The van der Waals surface area contributed by atoms with Crippen molar-refractivity contribution in [3.05, 3.63) is 28.8 Å². The van der Waals surface area contributed by atoms with Crippen LogP contribution in [0.25, 0.3) is 21.9 Å². The third-order valence-corrected chi connectivity index (χ3v) is 4.41. The fourth-order valence-corrected chi connectivity index (χ4v) is 2.81. The number of hydrogen-bond donors (Lipinski definition) is 2. The normalized spacial score (nSPS) is 12.3. The van der Waals surface area contributed by atoms with Crippen molar-refractivity contribution in [3.63, 3.8) is 0 Å². The van der Waals surface area contributed by atoms with Gasteiger partial charge in [-0.05, 0) is 19.4 Å². The fourth-order valence-electron chi connectivity index (χ4n) is 2.81. The zero-order chi connectivity index (χ0) is 18.8. The van der Waals surface area contributed by atoms with Gasteiger partial charge in [0, 0.05) is 17.5 Å². The topological polar surface area (TPSA) is 98.2 Å². The van der Waals surface area contributed by atoms with E-state index in [4.69, 9.17) is 9.47 Å². The number of ether oxygens (including phenoxy) is 2. The van der Waals surface area contributed by atoms with Gasteiger partial charge in [0.2, 0.25) is 5.91 Å². The van der Waals surface area contributed by atoms with Crippen molar-refractivity contribution in [3.8, 4) is 11.5 Å². The average Bonchev–Trinajstić information content (AvgIpc) is 3.00. The van der Waals surface area contributed by atoms with E-state index in [1.165, 1.54) is 10.9 Å². The zero-order valence-electron chi connectivity index (χ0n) is 15.3. The lowest BCUT2D eigenvalue weighted by Gasteiger charge is -2.12. The van der Waals surface area contributed by atoms with Crippen LogP contribution in [-0.4, -0.2) is 40.7 Å². The minimum Gasteiger partial charge on any atom is -0.493 e. The van der Waals surface area contributed by atoms with Gasteiger partial charge in [0.1, 0.15) is 17.6 Å². The molecule has 0 fully saturated rings. The molecule has 1 aromatic carbocycles. The van der Waals surface area contributed by atoms with Gasteiger partial charge < -0.3 is 19.8 Å². The second kappa shape index (κ2) is 7.07. The molecule has 0 spiro atoms. The van der Waals surface area contributed by atoms with Crippen LogP contribution in [0.15, 0.2) is 23.3 Å². The number of H-pyrrole nitrogens is 1. The van der Waals surface area contributed by atoms with E-state index in [0.29, 0.717) is 28.0 Å². The van der Waals surface area contributed by atoms with E-state index in [2.05, 4.69) is 15.3 Å². The summed E-state index contributed by atoms with van der Waals surface area (Å²) in [4.78, 5) is 32.3. The lowest BCUT2D eigenvalue weighted by molar-refractivity contribution is -0.122. The molecule has 8 nitrogen and oxygen atoms in total. The highest BCUT2D eigenvalue weighted by Gasteiger charge is 2.16. The Balaban J connectivity index is 2.05. The van der Waals surface area contributed by atoms with Crippen molar-refractivity contribution in [2.24, 2.45) is 0 Å². The molecule has 138 valence electrons. The minimum absolute atomic E-state index is 0.0582. The lowest BCUT2D eigenvalue weighted by atomic mass is 10.2. The van der Waals surface area contributed by atoms with Crippen LogP contribution >= 0.6 is 0 Å². The van der Waals surface area contributed by atoms with E-state index in [1.807, 2.05) is 13.8 Å². The molecule has 3 aromatic rings. The van der Waals surface area contributed by atoms with Crippen molar-refractivity contribution in [2.45, 2.75) is 32.9 Å². The number of hydrogen-bond acceptors (Lipinski definition) is 5. The fraction of sp³-hybridized carbons (Fsp3) is 0.389. The lowest BCUT2D eigenvalue weighted by Crippen LogP contribution is -2.37. The number of rotatable bonds is 6. The van der Waals surface area contributed by atoms with E-state index >= 15 is 0 Å².